The lowest BCUT2D eigenvalue weighted by molar-refractivity contribution is -0.195. The first-order valence-corrected chi connectivity index (χ1v) is 16.8. The Hall–Kier alpha value is -1.69. The van der Waals surface area contributed by atoms with Crippen molar-refractivity contribution in [3.05, 3.63) is 11.6 Å². The monoisotopic (exact) mass is 582 g/mol. The van der Waals surface area contributed by atoms with Crippen LogP contribution in [0.25, 0.3) is 0 Å². The summed E-state index contributed by atoms with van der Waals surface area (Å²) in [6, 6.07) is 0. The van der Waals surface area contributed by atoms with Crippen molar-refractivity contribution in [1.29, 1.82) is 0 Å². The summed E-state index contributed by atoms with van der Waals surface area (Å²) in [5, 5.41) is 13.8. The zero-order valence-electron chi connectivity index (χ0n) is 28.0. The number of fused-ring (bicyclic) bond motifs is 7. The predicted molar refractivity (Wildman–Crippen MR) is 167 cm³/mol. The highest BCUT2D eigenvalue weighted by molar-refractivity contribution is 6.04. The summed E-state index contributed by atoms with van der Waals surface area (Å²) >= 11 is 0. The van der Waals surface area contributed by atoms with Gasteiger partial charge in [0.25, 0.3) is 0 Å². The van der Waals surface area contributed by atoms with Crippen LogP contribution in [0, 0.1) is 56.2 Å². The molecule has 2 N–H and O–H groups in total. The number of nitrogens with zero attached hydrogens (tertiary/aromatic N) is 1. The van der Waals surface area contributed by atoms with Crippen LogP contribution in [-0.2, 0) is 14.4 Å². The molecule has 0 spiro atoms. The summed E-state index contributed by atoms with van der Waals surface area (Å²) in [5.74, 6) is -0.501. The molecule has 8 atom stereocenters. The van der Waals surface area contributed by atoms with E-state index < -0.39 is 22.7 Å². The van der Waals surface area contributed by atoms with E-state index in [-0.39, 0.29) is 45.2 Å². The van der Waals surface area contributed by atoms with Gasteiger partial charge in [-0.05, 0) is 124 Å². The second-order valence-electron chi connectivity index (χ2n) is 17.5. The van der Waals surface area contributed by atoms with Gasteiger partial charge in [0, 0.05) is 12.0 Å². The van der Waals surface area contributed by atoms with E-state index in [9.17, 15) is 19.5 Å². The van der Waals surface area contributed by atoms with Gasteiger partial charge >= 0.3 is 5.97 Å². The van der Waals surface area contributed by atoms with Gasteiger partial charge in [0.1, 0.15) is 0 Å². The minimum Gasteiger partial charge on any atom is -0.481 e. The average molecular weight is 583 g/mol. The molecule has 6 heteroatoms. The Morgan fingerprint density at radius 3 is 2.26 bits per heavy atom. The number of Topliss-reactive ketones (excluding diaryl/α,β-unsaturated/α-hetero) is 1. The maximum atomic E-state index is 13.9. The van der Waals surface area contributed by atoms with Crippen molar-refractivity contribution in [2.75, 3.05) is 27.2 Å². The summed E-state index contributed by atoms with van der Waals surface area (Å²) < 4.78 is 0. The fourth-order valence-electron chi connectivity index (χ4n) is 11.6. The molecule has 5 aliphatic rings. The van der Waals surface area contributed by atoms with Crippen LogP contribution < -0.4 is 5.32 Å². The van der Waals surface area contributed by atoms with Crippen LogP contribution in [0.3, 0.4) is 0 Å². The molecule has 0 saturated heterocycles. The first kappa shape index (κ1) is 31.7. The SMILES string of the molecule is CN(C)CCCNC(=O)C1C[C@@]2(C)C(CC[C@]3(C)C2CC=C2C4CC(C)(C)CC[C@]4(C(=O)O)CC[C@]23C)C(C)(C)C1=O. The van der Waals surface area contributed by atoms with Gasteiger partial charge in [0.05, 0.1) is 11.3 Å². The Kier molecular flexibility index (Phi) is 7.68. The zero-order valence-corrected chi connectivity index (χ0v) is 28.0. The molecule has 4 unspecified atom stereocenters. The number of aliphatic carboxylic acids is 1. The first-order valence-electron chi connectivity index (χ1n) is 16.8. The summed E-state index contributed by atoms with van der Waals surface area (Å²) in [4.78, 5) is 42.6. The molecular weight excluding hydrogens is 524 g/mol. The normalized spacial score (nSPS) is 43.8. The number of hydrogen-bond acceptors (Lipinski definition) is 4. The molecule has 4 fully saturated rings. The molecule has 6 nitrogen and oxygen atoms in total. The third kappa shape index (κ3) is 4.46. The number of carboxylic acid groups (broad SMARTS) is 1. The molecule has 4 saturated carbocycles. The maximum Gasteiger partial charge on any atom is 0.310 e. The van der Waals surface area contributed by atoms with E-state index in [2.05, 4.69) is 64.8 Å². The van der Waals surface area contributed by atoms with E-state index in [0.717, 1.165) is 64.3 Å². The van der Waals surface area contributed by atoms with E-state index in [4.69, 9.17) is 0 Å². The van der Waals surface area contributed by atoms with E-state index in [1.807, 2.05) is 14.1 Å². The number of amides is 1. The molecular formula is C36H58N2O4. The molecule has 0 aromatic carbocycles. The molecule has 0 bridgehead atoms. The summed E-state index contributed by atoms with van der Waals surface area (Å²) in [7, 11) is 4.06. The molecule has 1 amide bonds. The Labute approximate surface area is 254 Å². The van der Waals surface area contributed by atoms with Gasteiger partial charge in [-0.15, -0.1) is 0 Å². The third-order valence-corrected chi connectivity index (χ3v) is 14.2. The van der Waals surface area contributed by atoms with Gasteiger partial charge < -0.3 is 15.3 Å². The highest BCUT2D eigenvalue weighted by Crippen LogP contribution is 2.75. The average Bonchev–Trinajstić information content (AvgIpc) is 2.88. The largest absolute Gasteiger partial charge is 0.481 e. The second kappa shape index (κ2) is 10.2. The number of carbonyl (C=O) groups is 3. The highest BCUT2D eigenvalue weighted by atomic mass is 16.4. The lowest BCUT2D eigenvalue weighted by Crippen LogP contribution is -2.66. The molecule has 0 aromatic rings. The molecule has 0 heterocycles. The first-order chi connectivity index (χ1) is 19.4. The van der Waals surface area contributed by atoms with E-state index in [1.165, 1.54) is 5.57 Å². The van der Waals surface area contributed by atoms with E-state index >= 15 is 0 Å². The number of ketones is 1. The fourth-order valence-corrected chi connectivity index (χ4v) is 11.6. The van der Waals surface area contributed by atoms with Crippen molar-refractivity contribution < 1.29 is 19.5 Å². The Morgan fingerprint density at radius 1 is 0.952 bits per heavy atom. The van der Waals surface area contributed by atoms with E-state index in [1.54, 1.807) is 0 Å². The van der Waals surface area contributed by atoms with Gasteiger partial charge in [-0.1, -0.05) is 60.1 Å². The number of allylic oxidation sites excluding steroid dienone is 2. The van der Waals surface area contributed by atoms with Crippen LogP contribution in [0.15, 0.2) is 11.6 Å². The zero-order chi connectivity index (χ0) is 31.1. The summed E-state index contributed by atoms with van der Waals surface area (Å²) in [5.41, 5.74) is 0.155. The summed E-state index contributed by atoms with van der Waals surface area (Å²) in [6.45, 7) is 17.7. The molecule has 0 aliphatic heterocycles. The molecule has 0 radical (unpaired) electrons. The summed E-state index contributed by atoms with van der Waals surface area (Å²) in [6.07, 6.45) is 11.3. The number of rotatable bonds is 6. The topological polar surface area (TPSA) is 86.7 Å². The van der Waals surface area contributed by atoms with Crippen LogP contribution in [0.5, 0.6) is 0 Å². The van der Waals surface area contributed by atoms with Gasteiger partial charge in [-0.25, -0.2) is 0 Å². The van der Waals surface area contributed by atoms with Gasteiger partial charge in [-0.2, -0.15) is 0 Å². The lowest BCUT2D eigenvalue weighted by Gasteiger charge is -2.70. The minimum absolute atomic E-state index is 0.00219. The van der Waals surface area contributed by atoms with Crippen LogP contribution in [0.2, 0.25) is 0 Å². The van der Waals surface area contributed by atoms with Gasteiger partial charge in [-0.3, -0.25) is 14.4 Å². The standard InChI is InChI=1S/C36H58N2O4/c1-31(2)15-17-36(30(41)42)18-16-34(6)24(25(36)22-31)11-12-27-33(5)21-23(29(40)37-19-10-20-38(8)9)28(39)32(3,4)26(33)13-14-35(27,34)7/h11,23,25-27H,10,12-22H2,1-9H3,(H,37,40)(H,41,42)/t23?,25?,26?,27?,33-,34+,35+,36-/m0/s1. The third-order valence-electron chi connectivity index (χ3n) is 14.2. The van der Waals surface area contributed by atoms with Gasteiger partial charge in [0.15, 0.2) is 5.78 Å². The number of hydrogen-bond donors (Lipinski definition) is 2. The van der Waals surface area contributed by atoms with E-state index in [0.29, 0.717) is 18.9 Å². The van der Waals surface area contributed by atoms with Crippen LogP contribution in [-0.4, -0.2) is 54.9 Å². The van der Waals surface area contributed by atoms with Gasteiger partial charge in [0.2, 0.25) is 5.91 Å². The second-order valence-corrected chi connectivity index (χ2v) is 17.5. The fraction of sp³-hybridized carbons (Fsp3) is 0.861. The van der Waals surface area contributed by atoms with Crippen molar-refractivity contribution in [1.82, 2.24) is 10.2 Å². The van der Waals surface area contributed by atoms with Crippen molar-refractivity contribution in [3.63, 3.8) is 0 Å². The number of carboxylic acids is 1. The molecule has 5 aliphatic carbocycles. The van der Waals surface area contributed by atoms with Crippen LogP contribution in [0.4, 0.5) is 0 Å². The van der Waals surface area contributed by atoms with Crippen molar-refractivity contribution in [3.8, 4) is 0 Å². The predicted octanol–water partition coefficient (Wildman–Crippen LogP) is 6.74. The highest BCUT2D eigenvalue weighted by Gasteiger charge is 2.70. The molecule has 236 valence electrons. The van der Waals surface area contributed by atoms with Crippen molar-refractivity contribution >= 4 is 17.7 Å². The molecule has 0 aromatic heterocycles. The van der Waals surface area contributed by atoms with Crippen LogP contribution in [0.1, 0.15) is 113 Å². The number of carbonyl (C=O) groups excluding carboxylic acids is 2. The van der Waals surface area contributed by atoms with Crippen molar-refractivity contribution in [2.24, 2.45) is 56.2 Å². The molecule has 5 rings (SSSR count). The van der Waals surface area contributed by atoms with Crippen molar-refractivity contribution in [2.45, 2.75) is 113 Å². The molecule has 42 heavy (non-hydrogen) atoms. The lowest BCUT2D eigenvalue weighted by atomic mass is 9.33. The Bertz CT molecular complexity index is 1170. The number of nitrogens with one attached hydrogen (secondary N) is 1. The Balaban J connectivity index is 1.50. The quantitative estimate of drug-likeness (QED) is 0.206. The van der Waals surface area contributed by atoms with Crippen LogP contribution >= 0.6 is 0 Å². The maximum absolute atomic E-state index is 13.9. The Morgan fingerprint density at radius 2 is 1.62 bits per heavy atom. The minimum atomic E-state index is -0.639. The smallest absolute Gasteiger partial charge is 0.310 e.